The van der Waals surface area contributed by atoms with Crippen LogP contribution in [0.15, 0.2) is 79.1 Å². The number of benzene rings is 3. The van der Waals surface area contributed by atoms with E-state index in [1.165, 1.54) is 18.2 Å². The van der Waals surface area contributed by atoms with Crippen LogP contribution in [0, 0.1) is 10.1 Å². The third-order valence-electron chi connectivity index (χ3n) is 5.30. The molecule has 35 heavy (non-hydrogen) atoms. The van der Waals surface area contributed by atoms with Crippen LogP contribution >= 0.6 is 11.6 Å². The molecule has 9 nitrogen and oxygen atoms in total. The predicted octanol–water partition coefficient (Wildman–Crippen LogP) is 5.30. The smallest absolute Gasteiger partial charge is 0.313 e. The second-order valence-electron chi connectivity index (χ2n) is 7.57. The topological polar surface area (TPSA) is 109 Å². The zero-order valence-electron chi connectivity index (χ0n) is 18.8. The van der Waals surface area contributed by atoms with E-state index in [2.05, 4.69) is 10.3 Å². The van der Waals surface area contributed by atoms with Gasteiger partial charge in [0.25, 0.3) is 5.91 Å². The summed E-state index contributed by atoms with van der Waals surface area (Å²) in [6.07, 6.45) is 3.47. The lowest BCUT2D eigenvalue weighted by Crippen LogP contribution is -2.31. The van der Waals surface area contributed by atoms with Gasteiger partial charge in [-0.05, 0) is 54.1 Å². The molecule has 0 saturated carbocycles. The van der Waals surface area contributed by atoms with E-state index in [0.29, 0.717) is 22.9 Å². The quantitative estimate of drug-likeness (QED) is 0.264. The van der Waals surface area contributed by atoms with Gasteiger partial charge in [0.1, 0.15) is 23.4 Å². The molecule has 0 aliphatic heterocycles. The highest BCUT2D eigenvalue weighted by Crippen LogP contribution is 2.33. The SMILES string of the molecule is COc1ccc(C(NC(=O)c2ccc(Oc3ccc(Cl)cc3[N+](=O)[O-])cc2)c2nccn2C)cc1. The summed E-state index contributed by atoms with van der Waals surface area (Å²) in [7, 11) is 3.44. The monoisotopic (exact) mass is 492 g/mol. The second-order valence-corrected chi connectivity index (χ2v) is 8.01. The van der Waals surface area contributed by atoms with Gasteiger partial charge in [-0.15, -0.1) is 0 Å². The lowest BCUT2D eigenvalue weighted by Gasteiger charge is -2.19. The molecular weight excluding hydrogens is 472 g/mol. The molecule has 0 bridgehead atoms. The van der Waals surface area contributed by atoms with E-state index in [9.17, 15) is 14.9 Å². The fourth-order valence-electron chi connectivity index (χ4n) is 3.48. The Balaban J connectivity index is 1.54. The summed E-state index contributed by atoms with van der Waals surface area (Å²) < 4.78 is 12.7. The third kappa shape index (κ3) is 5.42. The molecule has 1 aromatic heterocycles. The highest BCUT2D eigenvalue weighted by molar-refractivity contribution is 6.30. The molecule has 10 heteroatoms. The van der Waals surface area contributed by atoms with Crippen molar-refractivity contribution < 1.29 is 19.2 Å². The fourth-order valence-corrected chi connectivity index (χ4v) is 3.65. The maximum absolute atomic E-state index is 13.1. The molecule has 4 aromatic rings. The number of nitrogens with zero attached hydrogens (tertiary/aromatic N) is 3. The predicted molar refractivity (Wildman–Crippen MR) is 130 cm³/mol. The summed E-state index contributed by atoms with van der Waals surface area (Å²) >= 11 is 5.85. The number of hydrogen-bond donors (Lipinski definition) is 1. The van der Waals surface area contributed by atoms with Gasteiger partial charge in [0.2, 0.25) is 5.75 Å². The van der Waals surface area contributed by atoms with Crippen LogP contribution in [0.25, 0.3) is 0 Å². The van der Waals surface area contributed by atoms with Crippen LogP contribution in [0.5, 0.6) is 17.2 Å². The van der Waals surface area contributed by atoms with Gasteiger partial charge in [0, 0.05) is 36.1 Å². The van der Waals surface area contributed by atoms with E-state index in [0.717, 1.165) is 5.56 Å². The molecule has 1 amide bonds. The lowest BCUT2D eigenvalue weighted by atomic mass is 10.0. The Labute approximate surface area is 206 Å². The normalized spacial score (nSPS) is 11.5. The summed E-state index contributed by atoms with van der Waals surface area (Å²) in [5.74, 6) is 1.43. The number of carbonyl (C=O) groups excluding carboxylic acids is 1. The van der Waals surface area contributed by atoms with Gasteiger partial charge >= 0.3 is 5.69 Å². The largest absolute Gasteiger partial charge is 0.497 e. The average Bonchev–Trinajstić information content (AvgIpc) is 3.29. The highest BCUT2D eigenvalue weighted by Gasteiger charge is 2.22. The molecule has 1 N–H and O–H groups in total. The minimum absolute atomic E-state index is 0.0472. The molecule has 0 spiro atoms. The summed E-state index contributed by atoms with van der Waals surface area (Å²) in [5.41, 5.74) is 0.968. The van der Waals surface area contributed by atoms with Crippen molar-refractivity contribution in [3.05, 3.63) is 111 Å². The van der Waals surface area contributed by atoms with E-state index in [-0.39, 0.29) is 22.4 Å². The van der Waals surface area contributed by atoms with Crippen molar-refractivity contribution in [1.29, 1.82) is 0 Å². The number of carbonyl (C=O) groups is 1. The molecule has 0 aliphatic rings. The zero-order chi connectivity index (χ0) is 24.9. The van der Waals surface area contributed by atoms with Crippen molar-refractivity contribution in [3.63, 3.8) is 0 Å². The van der Waals surface area contributed by atoms with Crippen molar-refractivity contribution >= 4 is 23.2 Å². The Bertz CT molecular complexity index is 1350. The van der Waals surface area contributed by atoms with Crippen LogP contribution in [-0.4, -0.2) is 27.5 Å². The molecule has 0 fully saturated rings. The van der Waals surface area contributed by atoms with Crippen LogP contribution < -0.4 is 14.8 Å². The maximum atomic E-state index is 13.1. The molecule has 0 radical (unpaired) electrons. The van der Waals surface area contributed by atoms with Gasteiger partial charge < -0.3 is 19.4 Å². The number of aryl methyl sites for hydroxylation is 1. The lowest BCUT2D eigenvalue weighted by molar-refractivity contribution is -0.385. The summed E-state index contributed by atoms with van der Waals surface area (Å²) in [5, 5.41) is 14.5. The highest BCUT2D eigenvalue weighted by atomic mass is 35.5. The molecule has 4 rings (SSSR count). The zero-order valence-corrected chi connectivity index (χ0v) is 19.6. The van der Waals surface area contributed by atoms with Crippen molar-refractivity contribution in [2.45, 2.75) is 6.04 Å². The second kappa shape index (κ2) is 10.3. The Morgan fingerprint density at radius 3 is 2.37 bits per heavy atom. The number of ether oxygens (including phenoxy) is 2. The number of nitro benzene ring substituents is 1. The standard InChI is InChI=1S/C25H21ClN4O5/c1-29-14-13-27-24(29)23(16-3-8-19(34-2)9-4-16)28-25(31)17-5-10-20(11-6-17)35-22-12-7-18(26)15-21(22)30(32)33/h3-15,23H,1-2H3,(H,28,31). The summed E-state index contributed by atoms with van der Waals surface area (Å²) in [6, 6.07) is 17.3. The van der Waals surface area contributed by atoms with Crippen molar-refractivity contribution in [2.24, 2.45) is 7.05 Å². The number of methoxy groups -OCH3 is 1. The molecule has 178 valence electrons. The molecule has 0 saturated heterocycles. The van der Waals surface area contributed by atoms with Crippen molar-refractivity contribution in [3.8, 4) is 17.2 Å². The van der Waals surface area contributed by atoms with E-state index in [1.807, 2.05) is 35.9 Å². The number of hydrogen-bond acceptors (Lipinski definition) is 6. The molecular formula is C25H21ClN4O5. The van der Waals surface area contributed by atoms with Crippen LogP contribution in [0.1, 0.15) is 27.8 Å². The molecule has 1 heterocycles. The number of nitrogens with one attached hydrogen (secondary N) is 1. The maximum Gasteiger partial charge on any atom is 0.313 e. The first kappa shape index (κ1) is 23.8. The number of aromatic nitrogens is 2. The Kier molecular flexibility index (Phi) is 6.98. The van der Waals surface area contributed by atoms with Crippen LogP contribution in [-0.2, 0) is 7.05 Å². The van der Waals surface area contributed by atoms with Gasteiger partial charge in [0.15, 0.2) is 0 Å². The van der Waals surface area contributed by atoms with Gasteiger partial charge in [-0.1, -0.05) is 23.7 Å². The van der Waals surface area contributed by atoms with Crippen molar-refractivity contribution in [2.75, 3.05) is 7.11 Å². The van der Waals surface area contributed by atoms with Crippen LogP contribution in [0.4, 0.5) is 5.69 Å². The van der Waals surface area contributed by atoms with Gasteiger partial charge in [-0.25, -0.2) is 4.98 Å². The Morgan fingerprint density at radius 1 is 1.09 bits per heavy atom. The van der Waals surface area contributed by atoms with Crippen molar-refractivity contribution in [1.82, 2.24) is 14.9 Å². The number of nitro groups is 1. The fraction of sp³-hybridized carbons (Fsp3) is 0.120. The summed E-state index contributed by atoms with van der Waals surface area (Å²) in [6.45, 7) is 0. The molecule has 1 atom stereocenters. The Morgan fingerprint density at radius 2 is 1.77 bits per heavy atom. The molecule has 1 unspecified atom stereocenters. The van der Waals surface area contributed by atoms with Crippen LogP contribution in [0.3, 0.4) is 0 Å². The number of imidazole rings is 1. The van der Waals surface area contributed by atoms with E-state index >= 15 is 0 Å². The minimum atomic E-state index is -0.569. The first-order chi connectivity index (χ1) is 16.9. The average molecular weight is 493 g/mol. The van der Waals surface area contributed by atoms with E-state index in [1.54, 1.807) is 43.8 Å². The minimum Gasteiger partial charge on any atom is -0.497 e. The van der Waals surface area contributed by atoms with Gasteiger partial charge in [0.05, 0.1) is 12.0 Å². The summed E-state index contributed by atoms with van der Waals surface area (Å²) in [4.78, 5) is 28.2. The number of halogens is 1. The number of rotatable bonds is 8. The Hall–Kier alpha value is -4.37. The van der Waals surface area contributed by atoms with Gasteiger partial charge in [-0.3, -0.25) is 14.9 Å². The first-order valence-corrected chi connectivity index (χ1v) is 10.9. The first-order valence-electron chi connectivity index (χ1n) is 10.5. The van der Waals surface area contributed by atoms with Gasteiger partial charge in [-0.2, -0.15) is 0 Å². The molecule has 3 aromatic carbocycles. The third-order valence-corrected chi connectivity index (χ3v) is 5.54. The van der Waals surface area contributed by atoms with E-state index in [4.69, 9.17) is 21.1 Å². The van der Waals surface area contributed by atoms with E-state index < -0.39 is 11.0 Å². The van der Waals surface area contributed by atoms with Crippen LogP contribution in [0.2, 0.25) is 5.02 Å². The number of amides is 1. The molecule has 0 aliphatic carbocycles.